The van der Waals surface area contributed by atoms with Gasteiger partial charge in [-0.2, -0.15) is 0 Å². The summed E-state index contributed by atoms with van der Waals surface area (Å²) in [6, 6.07) is 4.99. The van der Waals surface area contributed by atoms with E-state index in [1.807, 2.05) is 0 Å². The average Bonchev–Trinajstić information content (AvgIpc) is 3.22. The molecule has 132 valence electrons. The van der Waals surface area contributed by atoms with Gasteiger partial charge in [0.2, 0.25) is 0 Å². The lowest BCUT2D eigenvalue weighted by Gasteiger charge is -2.22. The molecule has 2 N–H and O–H groups in total. The molecule has 0 aromatic heterocycles. The maximum atomic E-state index is 12.1. The van der Waals surface area contributed by atoms with Gasteiger partial charge in [0.1, 0.15) is 6.10 Å². The fourth-order valence-corrected chi connectivity index (χ4v) is 3.25. The Hall–Kier alpha value is -1.99. The van der Waals surface area contributed by atoms with Gasteiger partial charge in [-0.05, 0) is 25.0 Å². The maximum absolute atomic E-state index is 12.1. The molecule has 1 heterocycles. The molecule has 7 heteroatoms. The van der Waals surface area contributed by atoms with Gasteiger partial charge in [0, 0.05) is 19.4 Å². The summed E-state index contributed by atoms with van der Waals surface area (Å²) in [5, 5.41) is 5.59. The van der Waals surface area contributed by atoms with Crippen molar-refractivity contribution >= 4 is 11.7 Å². The van der Waals surface area contributed by atoms with Crippen LogP contribution >= 0.6 is 0 Å². The number of carbonyl (C=O) groups is 1. The first kappa shape index (κ1) is 16.9. The van der Waals surface area contributed by atoms with Gasteiger partial charge in [0.05, 0.1) is 26.5 Å². The van der Waals surface area contributed by atoms with Crippen LogP contribution in [0.1, 0.15) is 25.7 Å². The largest absolute Gasteiger partial charge is 0.493 e. The normalized spacial score (nSPS) is 21.7. The van der Waals surface area contributed by atoms with Crippen LogP contribution in [0.25, 0.3) is 0 Å². The van der Waals surface area contributed by atoms with Crippen molar-refractivity contribution in [3.05, 3.63) is 18.2 Å². The molecule has 1 aliphatic heterocycles. The Bertz CT molecular complexity index is 586. The minimum absolute atomic E-state index is 0.110. The molecule has 1 saturated carbocycles. The van der Waals surface area contributed by atoms with E-state index in [2.05, 4.69) is 10.6 Å². The van der Waals surface area contributed by atoms with Crippen LogP contribution in [-0.2, 0) is 9.47 Å². The summed E-state index contributed by atoms with van der Waals surface area (Å²) < 4.78 is 22.3. The standard InChI is InChI=1S/C17H24N2O5/c1-21-14-7-5-6-13(15(14)22-2)19-16(20)18-10-12-11-23-17(24-12)8-3-4-9-17/h5-7,12H,3-4,8-11H2,1-2H3,(H2,18,19,20). The highest BCUT2D eigenvalue weighted by atomic mass is 16.7. The molecule has 2 aliphatic rings. The summed E-state index contributed by atoms with van der Waals surface area (Å²) in [5.41, 5.74) is 0.546. The van der Waals surface area contributed by atoms with Gasteiger partial charge in [0.15, 0.2) is 17.3 Å². The number of amides is 2. The van der Waals surface area contributed by atoms with E-state index in [1.165, 1.54) is 7.11 Å². The number of benzene rings is 1. The lowest BCUT2D eigenvalue weighted by atomic mass is 10.2. The minimum Gasteiger partial charge on any atom is -0.493 e. The summed E-state index contributed by atoms with van der Waals surface area (Å²) in [7, 11) is 3.09. The molecule has 3 rings (SSSR count). The van der Waals surface area contributed by atoms with Crippen molar-refractivity contribution in [1.82, 2.24) is 5.32 Å². The third-order valence-corrected chi connectivity index (χ3v) is 4.42. The molecule has 1 saturated heterocycles. The molecule has 1 unspecified atom stereocenters. The minimum atomic E-state index is -0.404. The van der Waals surface area contributed by atoms with Crippen molar-refractivity contribution in [2.24, 2.45) is 0 Å². The Morgan fingerprint density at radius 1 is 1.29 bits per heavy atom. The summed E-state index contributed by atoms with van der Waals surface area (Å²) in [6.45, 7) is 0.919. The van der Waals surface area contributed by atoms with Crippen LogP contribution in [0.5, 0.6) is 11.5 Å². The smallest absolute Gasteiger partial charge is 0.319 e. The fraction of sp³-hybridized carbons (Fsp3) is 0.588. The third kappa shape index (κ3) is 3.57. The topological polar surface area (TPSA) is 78.1 Å². The van der Waals surface area contributed by atoms with Crippen LogP contribution in [0.2, 0.25) is 0 Å². The van der Waals surface area contributed by atoms with Gasteiger partial charge in [0.25, 0.3) is 0 Å². The molecule has 1 spiro atoms. The molecule has 24 heavy (non-hydrogen) atoms. The van der Waals surface area contributed by atoms with E-state index in [4.69, 9.17) is 18.9 Å². The van der Waals surface area contributed by atoms with Crippen molar-refractivity contribution in [1.29, 1.82) is 0 Å². The van der Waals surface area contributed by atoms with E-state index >= 15 is 0 Å². The van der Waals surface area contributed by atoms with Crippen LogP contribution in [0, 0.1) is 0 Å². The van der Waals surface area contributed by atoms with Gasteiger partial charge in [-0.25, -0.2) is 4.79 Å². The van der Waals surface area contributed by atoms with Crippen LogP contribution in [0.3, 0.4) is 0 Å². The van der Waals surface area contributed by atoms with E-state index in [1.54, 1.807) is 25.3 Å². The van der Waals surface area contributed by atoms with Gasteiger partial charge in [-0.3, -0.25) is 0 Å². The van der Waals surface area contributed by atoms with Crippen molar-refractivity contribution < 1.29 is 23.7 Å². The molecular formula is C17H24N2O5. The van der Waals surface area contributed by atoms with Crippen LogP contribution in [0.15, 0.2) is 18.2 Å². The second kappa shape index (κ2) is 7.27. The number of ether oxygens (including phenoxy) is 4. The van der Waals surface area contributed by atoms with Crippen molar-refractivity contribution in [3.8, 4) is 11.5 Å². The maximum Gasteiger partial charge on any atom is 0.319 e. The first-order valence-corrected chi connectivity index (χ1v) is 8.23. The Kier molecular flexibility index (Phi) is 5.11. The van der Waals surface area contributed by atoms with Gasteiger partial charge in [-0.15, -0.1) is 0 Å². The van der Waals surface area contributed by atoms with E-state index < -0.39 is 5.79 Å². The van der Waals surface area contributed by atoms with Crippen LogP contribution in [-0.4, -0.2) is 45.3 Å². The Morgan fingerprint density at radius 3 is 2.79 bits per heavy atom. The molecule has 2 amide bonds. The second-order valence-electron chi connectivity index (χ2n) is 6.04. The number of methoxy groups -OCH3 is 2. The third-order valence-electron chi connectivity index (χ3n) is 4.42. The quantitative estimate of drug-likeness (QED) is 0.864. The van der Waals surface area contributed by atoms with Crippen LogP contribution in [0.4, 0.5) is 10.5 Å². The van der Waals surface area contributed by atoms with Gasteiger partial charge >= 0.3 is 6.03 Å². The monoisotopic (exact) mass is 336 g/mol. The number of rotatable bonds is 5. The number of carbonyl (C=O) groups excluding carboxylic acids is 1. The van der Waals surface area contributed by atoms with Crippen molar-refractivity contribution in [2.45, 2.75) is 37.6 Å². The number of anilines is 1. The number of hydrogen-bond donors (Lipinski definition) is 2. The Morgan fingerprint density at radius 2 is 2.08 bits per heavy atom. The zero-order chi connectivity index (χ0) is 17.0. The lowest BCUT2D eigenvalue weighted by molar-refractivity contribution is -0.160. The number of hydrogen-bond acceptors (Lipinski definition) is 5. The second-order valence-corrected chi connectivity index (χ2v) is 6.04. The first-order chi connectivity index (χ1) is 11.7. The molecule has 1 aliphatic carbocycles. The molecule has 1 aromatic rings. The summed E-state index contributed by atoms with van der Waals surface area (Å²) in [6.07, 6.45) is 4.04. The molecular weight excluding hydrogens is 312 g/mol. The highest BCUT2D eigenvalue weighted by molar-refractivity contribution is 5.91. The number of urea groups is 1. The SMILES string of the molecule is COc1cccc(NC(=O)NCC2COC3(CCCC3)O2)c1OC. The number of para-hydroxylation sites is 1. The van der Waals surface area contributed by atoms with E-state index in [0.717, 1.165) is 25.7 Å². The predicted molar refractivity (Wildman–Crippen MR) is 88.6 cm³/mol. The highest BCUT2D eigenvalue weighted by Crippen LogP contribution is 2.39. The molecule has 2 fully saturated rings. The molecule has 7 nitrogen and oxygen atoms in total. The van der Waals surface area contributed by atoms with Gasteiger partial charge in [-0.1, -0.05) is 6.07 Å². The Balaban J connectivity index is 1.51. The van der Waals surface area contributed by atoms with E-state index in [0.29, 0.717) is 30.3 Å². The van der Waals surface area contributed by atoms with E-state index in [-0.39, 0.29) is 12.1 Å². The zero-order valence-electron chi connectivity index (χ0n) is 14.1. The summed E-state index contributed by atoms with van der Waals surface area (Å²) in [4.78, 5) is 12.1. The fourth-order valence-electron chi connectivity index (χ4n) is 3.25. The first-order valence-electron chi connectivity index (χ1n) is 8.23. The number of nitrogens with one attached hydrogen (secondary N) is 2. The molecule has 1 atom stereocenters. The average molecular weight is 336 g/mol. The summed E-state index contributed by atoms with van der Waals surface area (Å²) in [5.74, 6) is 0.644. The van der Waals surface area contributed by atoms with E-state index in [9.17, 15) is 4.79 Å². The molecule has 1 aromatic carbocycles. The molecule has 0 radical (unpaired) electrons. The predicted octanol–water partition coefficient (Wildman–Crippen LogP) is 2.51. The van der Waals surface area contributed by atoms with Crippen molar-refractivity contribution in [3.63, 3.8) is 0 Å². The lowest BCUT2D eigenvalue weighted by Crippen LogP contribution is -2.37. The molecule has 0 bridgehead atoms. The zero-order valence-corrected chi connectivity index (χ0v) is 14.1. The van der Waals surface area contributed by atoms with Gasteiger partial charge < -0.3 is 29.6 Å². The Labute approximate surface area is 141 Å². The summed E-state index contributed by atoms with van der Waals surface area (Å²) >= 11 is 0. The van der Waals surface area contributed by atoms with Crippen molar-refractivity contribution in [2.75, 3.05) is 32.7 Å². The highest BCUT2D eigenvalue weighted by Gasteiger charge is 2.43. The van der Waals surface area contributed by atoms with Crippen LogP contribution < -0.4 is 20.1 Å².